The number of carbonyl (C=O) groups is 2. The Balaban J connectivity index is 1.30. The van der Waals surface area contributed by atoms with Gasteiger partial charge >= 0.3 is 0 Å². The maximum absolute atomic E-state index is 12.3. The van der Waals surface area contributed by atoms with Gasteiger partial charge in [-0.25, -0.2) is 0 Å². The molecule has 2 aliphatic heterocycles. The topological polar surface area (TPSA) is 92.2 Å². The monoisotopic (exact) mass is 424 g/mol. The van der Waals surface area contributed by atoms with Crippen LogP contribution in [0.5, 0.6) is 0 Å². The molecule has 3 heterocycles. The molecule has 2 aliphatic rings. The third-order valence-corrected chi connectivity index (χ3v) is 6.00. The molecule has 0 bridgehead atoms. The van der Waals surface area contributed by atoms with Crippen molar-refractivity contribution in [1.82, 2.24) is 30.3 Å². The van der Waals surface area contributed by atoms with Crippen LogP contribution in [0.15, 0.2) is 24.3 Å². The second kappa shape index (κ2) is 9.60. The Morgan fingerprint density at radius 1 is 1.13 bits per heavy atom. The van der Waals surface area contributed by atoms with Crippen LogP contribution >= 0.6 is 0 Å². The van der Waals surface area contributed by atoms with Crippen molar-refractivity contribution in [3.8, 4) is 0 Å². The molecule has 0 saturated carbocycles. The van der Waals surface area contributed by atoms with Crippen LogP contribution in [-0.2, 0) is 42.1 Å². The molecule has 1 aromatic carbocycles. The molecule has 1 fully saturated rings. The zero-order valence-electron chi connectivity index (χ0n) is 18.4. The minimum atomic E-state index is -0.429. The third-order valence-electron chi connectivity index (χ3n) is 6.00. The zero-order chi connectivity index (χ0) is 21.8. The first-order valence-electron chi connectivity index (χ1n) is 11.3. The van der Waals surface area contributed by atoms with Gasteiger partial charge in [-0.1, -0.05) is 38.1 Å². The molecule has 4 rings (SSSR count). The van der Waals surface area contributed by atoms with Crippen molar-refractivity contribution in [2.24, 2.45) is 5.92 Å². The number of benzene rings is 1. The van der Waals surface area contributed by atoms with Crippen LogP contribution < -0.4 is 10.6 Å². The maximum atomic E-state index is 12.3. The van der Waals surface area contributed by atoms with Gasteiger partial charge in [0.05, 0.1) is 6.54 Å². The molecule has 166 valence electrons. The smallest absolute Gasteiger partial charge is 0.242 e. The average Bonchev–Trinajstić information content (AvgIpc) is 3.29. The van der Waals surface area contributed by atoms with E-state index in [0.717, 1.165) is 50.7 Å². The second-order valence-corrected chi connectivity index (χ2v) is 9.00. The van der Waals surface area contributed by atoms with E-state index in [1.54, 1.807) is 0 Å². The van der Waals surface area contributed by atoms with Crippen molar-refractivity contribution in [1.29, 1.82) is 0 Å². The molecule has 2 amide bonds. The highest BCUT2D eigenvalue weighted by Crippen LogP contribution is 2.15. The first-order chi connectivity index (χ1) is 15.0. The fourth-order valence-electron chi connectivity index (χ4n) is 4.33. The minimum Gasteiger partial charge on any atom is -0.347 e. The van der Waals surface area contributed by atoms with Gasteiger partial charge in [-0.2, -0.15) is 0 Å². The normalized spacial score (nSPS) is 19.2. The molecule has 1 unspecified atom stereocenters. The van der Waals surface area contributed by atoms with E-state index in [0.29, 0.717) is 25.3 Å². The standard InChI is InChI=1S/C23H32N6O2/c1-16(2)13-17-3-5-18(6-4-17)15-28-10-9-20-26-27-21(29(20)12-11-28)14-24-23(31)19-7-8-22(30)25-19/h3-6,16,19H,7-15H2,1-2H3,(H,24,31)(H,25,30). The summed E-state index contributed by atoms with van der Waals surface area (Å²) in [5.74, 6) is 2.19. The predicted octanol–water partition coefficient (Wildman–Crippen LogP) is 1.43. The Labute approximate surface area is 183 Å². The average molecular weight is 425 g/mol. The summed E-state index contributed by atoms with van der Waals surface area (Å²) in [5.41, 5.74) is 2.72. The van der Waals surface area contributed by atoms with Gasteiger partial charge in [0.1, 0.15) is 11.9 Å². The number of rotatable bonds is 7. The summed E-state index contributed by atoms with van der Waals surface area (Å²) < 4.78 is 2.12. The number of nitrogens with zero attached hydrogens (tertiary/aromatic N) is 4. The lowest BCUT2D eigenvalue weighted by Gasteiger charge is -2.20. The molecule has 1 saturated heterocycles. The van der Waals surface area contributed by atoms with E-state index in [1.165, 1.54) is 11.1 Å². The van der Waals surface area contributed by atoms with Gasteiger partial charge in [0.15, 0.2) is 5.82 Å². The second-order valence-electron chi connectivity index (χ2n) is 9.00. The van der Waals surface area contributed by atoms with Crippen molar-refractivity contribution in [2.75, 3.05) is 13.1 Å². The molecule has 1 atom stereocenters. The summed E-state index contributed by atoms with van der Waals surface area (Å²) in [6, 6.07) is 8.55. The fraction of sp³-hybridized carbons (Fsp3) is 0.565. The summed E-state index contributed by atoms with van der Waals surface area (Å²) in [6.07, 6.45) is 2.92. The quantitative estimate of drug-likeness (QED) is 0.702. The number of amides is 2. The molecule has 0 aliphatic carbocycles. The Morgan fingerprint density at radius 2 is 1.90 bits per heavy atom. The summed E-state index contributed by atoms with van der Waals surface area (Å²) in [6.45, 7) is 8.40. The number of aromatic nitrogens is 3. The number of hydrogen-bond donors (Lipinski definition) is 2. The summed E-state index contributed by atoms with van der Waals surface area (Å²) in [4.78, 5) is 26.0. The summed E-state index contributed by atoms with van der Waals surface area (Å²) >= 11 is 0. The van der Waals surface area contributed by atoms with E-state index in [-0.39, 0.29) is 11.8 Å². The zero-order valence-corrected chi connectivity index (χ0v) is 18.4. The van der Waals surface area contributed by atoms with Gasteiger partial charge in [0.25, 0.3) is 0 Å². The lowest BCUT2D eigenvalue weighted by Crippen LogP contribution is -2.41. The summed E-state index contributed by atoms with van der Waals surface area (Å²) in [5, 5.41) is 14.2. The van der Waals surface area contributed by atoms with Gasteiger partial charge in [0, 0.05) is 39.0 Å². The van der Waals surface area contributed by atoms with Crippen molar-refractivity contribution in [3.05, 3.63) is 47.0 Å². The van der Waals surface area contributed by atoms with Crippen molar-refractivity contribution in [2.45, 2.75) is 65.2 Å². The van der Waals surface area contributed by atoms with Crippen LogP contribution in [0, 0.1) is 5.92 Å². The molecule has 31 heavy (non-hydrogen) atoms. The first-order valence-corrected chi connectivity index (χ1v) is 11.3. The van der Waals surface area contributed by atoms with E-state index < -0.39 is 6.04 Å². The third kappa shape index (κ3) is 5.50. The Hall–Kier alpha value is -2.74. The molecular formula is C23H32N6O2. The molecular weight excluding hydrogens is 392 g/mol. The van der Waals surface area contributed by atoms with E-state index >= 15 is 0 Å². The molecule has 1 aromatic heterocycles. The van der Waals surface area contributed by atoms with Crippen LogP contribution in [0.1, 0.15) is 49.5 Å². The molecule has 0 spiro atoms. The van der Waals surface area contributed by atoms with Crippen LogP contribution in [-0.4, -0.2) is 50.6 Å². The maximum Gasteiger partial charge on any atom is 0.242 e. The van der Waals surface area contributed by atoms with Crippen molar-refractivity contribution < 1.29 is 9.59 Å². The number of fused-ring (bicyclic) bond motifs is 1. The van der Waals surface area contributed by atoms with E-state index in [4.69, 9.17) is 0 Å². The highest BCUT2D eigenvalue weighted by atomic mass is 16.2. The lowest BCUT2D eigenvalue weighted by atomic mass is 10.0. The Kier molecular flexibility index (Phi) is 6.65. The van der Waals surface area contributed by atoms with Crippen molar-refractivity contribution in [3.63, 3.8) is 0 Å². The van der Waals surface area contributed by atoms with Gasteiger partial charge < -0.3 is 15.2 Å². The predicted molar refractivity (Wildman–Crippen MR) is 117 cm³/mol. The number of nitrogens with one attached hydrogen (secondary N) is 2. The Bertz CT molecular complexity index is 921. The molecule has 2 N–H and O–H groups in total. The highest BCUT2D eigenvalue weighted by molar-refractivity contribution is 5.90. The van der Waals surface area contributed by atoms with Crippen molar-refractivity contribution >= 4 is 11.8 Å². The minimum absolute atomic E-state index is 0.0638. The highest BCUT2D eigenvalue weighted by Gasteiger charge is 2.27. The molecule has 8 heteroatoms. The molecule has 0 radical (unpaired) electrons. The van der Waals surface area contributed by atoms with Gasteiger partial charge in [0.2, 0.25) is 11.8 Å². The SMILES string of the molecule is CC(C)Cc1ccc(CN2CCc3nnc(CNC(=O)C4CCC(=O)N4)n3CC2)cc1. The van der Waals surface area contributed by atoms with Crippen LogP contribution in [0.25, 0.3) is 0 Å². The van der Waals surface area contributed by atoms with Crippen LogP contribution in [0.4, 0.5) is 0 Å². The fourth-order valence-corrected chi connectivity index (χ4v) is 4.33. The van der Waals surface area contributed by atoms with Crippen LogP contribution in [0.3, 0.4) is 0 Å². The molecule has 2 aromatic rings. The Morgan fingerprint density at radius 3 is 2.61 bits per heavy atom. The first kappa shape index (κ1) is 21.5. The van der Waals surface area contributed by atoms with Gasteiger partial charge in [-0.3, -0.25) is 14.5 Å². The van der Waals surface area contributed by atoms with Gasteiger partial charge in [-0.15, -0.1) is 10.2 Å². The number of carbonyl (C=O) groups excluding carboxylic acids is 2. The molecule has 8 nitrogen and oxygen atoms in total. The number of hydrogen-bond acceptors (Lipinski definition) is 5. The van der Waals surface area contributed by atoms with Crippen LogP contribution in [0.2, 0.25) is 0 Å². The van der Waals surface area contributed by atoms with E-state index in [9.17, 15) is 9.59 Å². The van der Waals surface area contributed by atoms with E-state index in [1.807, 2.05) is 0 Å². The lowest BCUT2D eigenvalue weighted by molar-refractivity contribution is -0.125. The largest absolute Gasteiger partial charge is 0.347 e. The summed E-state index contributed by atoms with van der Waals surface area (Å²) in [7, 11) is 0. The van der Waals surface area contributed by atoms with Gasteiger partial charge in [-0.05, 0) is 29.9 Å². The van der Waals surface area contributed by atoms with E-state index in [2.05, 4.69) is 68.4 Å².